The number of hydrogen-bond acceptors (Lipinski definition) is 4. The molecule has 0 spiro atoms. The number of anilines is 2. The summed E-state index contributed by atoms with van der Waals surface area (Å²) in [6.45, 7) is 4.17. The predicted molar refractivity (Wildman–Crippen MR) is 92.0 cm³/mol. The second kappa shape index (κ2) is 7.62. The van der Waals surface area contributed by atoms with E-state index in [1.165, 1.54) is 12.0 Å². The van der Waals surface area contributed by atoms with Crippen LogP contribution in [-0.4, -0.2) is 51.5 Å². The van der Waals surface area contributed by atoms with Crippen molar-refractivity contribution >= 4 is 46.4 Å². The smallest absolute Gasteiger partial charge is 0.413 e. The molecule has 6 nitrogen and oxygen atoms in total. The number of quaternary nitrogens is 1. The van der Waals surface area contributed by atoms with E-state index < -0.39 is 6.09 Å². The summed E-state index contributed by atoms with van der Waals surface area (Å²) in [7, 11) is 3.47. The molecule has 2 rings (SSSR count). The van der Waals surface area contributed by atoms with E-state index in [9.17, 15) is 4.79 Å². The number of amides is 1. The Morgan fingerprint density at radius 3 is 2.68 bits per heavy atom. The fourth-order valence-electron chi connectivity index (χ4n) is 2.28. The molecular weight excluding hydrogens is 324 g/mol. The maximum atomic E-state index is 11.1. The number of likely N-dealkylation sites (N-methyl/N-ethyl adjacent to an activating group) is 1. The maximum Gasteiger partial charge on any atom is 0.413 e. The molecule has 1 fully saturated rings. The molecule has 1 saturated heterocycles. The normalized spacial score (nSPS) is 15.3. The Bertz CT molecular complexity index is 562. The molecule has 1 heterocycles. The maximum absolute atomic E-state index is 11.1. The van der Waals surface area contributed by atoms with E-state index in [1.807, 2.05) is 12.1 Å². The lowest BCUT2D eigenvalue weighted by Gasteiger charge is -2.32. The summed E-state index contributed by atoms with van der Waals surface area (Å²) in [5.74, 6) is 0. The first kappa shape index (κ1) is 16.8. The number of carbonyl (C=O) groups is 1. The van der Waals surface area contributed by atoms with Gasteiger partial charge in [0.1, 0.15) is 0 Å². The minimum absolute atomic E-state index is 0.166. The molecule has 0 saturated carbocycles. The molecule has 1 aromatic carbocycles. The number of methoxy groups -OCH3 is 1. The molecule has 1 aliphatic rings. The van der Waals surface area contributed by atoms with Crippen LogP contribution in [0.25, 0.3) is 0 Å². The molecule has 120 valence electrons. The molecule has 1 aliphatic heterocycles. The van der Waals surface area contributed by atoms with Crippen LogP contribution in [0.4, 0.5) is 16.2 Å². The van der Waals surface area contributed by atoms with Crippen LogP contribution in [0.3, 0.4) is 0 Å². The number of carbonyl (C=O) groups excluding carboxylic acids is 1. The van der Waals surface area contributed by atoms with Gasteiger partial charge in [-0.25, -0.2) is 4.79 Å². The van der Waals surface area contributed by atoms with Crippen molar-refractivity contribution in [3.63, 3.8) is 0 Å². The molecule has 22 heavy (non-hydrogen) atoms. The van der Waals surface area contributed by atoms with Crippen molar-refractivity contribution in [3.8, 4) is 0 Å². The van der Waals surface area contributed by atoms with Crippen LogP contribution in [-0.2, 0) is 4.74 Å². The van der Waals surface area contributed by atoms with E-state index >= 15 is 0 Å². The summed E-state index contributed by atoms with van der Waals surface area (Å²) in [5, 5.41) is 6.10. The quantitative estimate of drug-likeness (QED) is 0.691. The highest BCUT2D eigenvalue weighted by Crippen LogP contribution is 2.28. The van der Waals surface area contributed by atoms with Gasteiger partial charge in [-0.3, -0.25) is 5.32 Å². The van der Waals surface area contributed by atoms with Gasteiger partial charge in [0, 0.05) is 5.69 Å². The molecule has 1 aromatic rings. The zero-order valence-electron chi connectivity index (χ0n) is 12.6. The molecular formula is C14H20ClN4O2S+. The average Bonchev–Trinajstić information content (AvgIpc) is 2.48. The standard InChI is InChI=1S/C14H19ClN4O2S/c1-18-5-7-19(8-6-18)12-4-3-10(9-11(12)15)16-13(22)17-14(20)21-2/h3-4,9H,5-8H2,1-2H3,(H2,16,17,20,22)/p+1. The molecule has 0 radical (unpaired) electrons. The number of benzene rings is 1. The zero-order valence-corrected chi connectivity index (χ0v) is 14.2. The number of thiocarbonyl (C=S) groups is 1. The van der Waals surface area contributed by atoms with Crippen LogP contribution < -0.4 is 20.4 Å². The van der Waals surface area contributed by atoms with E-state index in [0.29, 0.717) is 5.02 Å². The minimum atomic E-state index is -0.611. The van der Waals surface area contributed by atoms with Crippen molar-refractivity contribution in [2.45, 2.75) is 0 Å². The highest BCUT2D eigenvalue weighted by Gasteiger charge is 2.19. The fraction of sp³-hybridized carbons (Fsp3) is 0.429. The van der Waals surface area contributed by atoms with Gasteiger partial charge >= 0.3 is 6.09 Å². The van der Waals surface area contributed by atoms with E-state index in [0.717, 1.165) is 37.6 Å². The first-order valence-corrected chi connectivity index (χ1v) is 7.80. The van der Waals surface area contributed by atoms with Gasteiger partial charge < -0.3 is 19.9 Å². The molecule has 0 unspecified atom stereocenters. The predicted octanol–water partition coefficient (Wildman–Crippen LogP) is 0.727. The molecule has 0 aliphatic carbocycles. The third kappa shape index (κ3) is 4.46. The molecule has 3 N–H and O–H groups in total. The first-order chi connectivity index (χ1) is 10.5. The summed E-state index contributed by atoms with van der Waals surface area (Å²) in [5.41, 5.74) is 1.74. The molecule has 8 heteroatoms. The van der Waals surface area contributed by atoms with E-state index in [2.05, 4.69) is 27.3 Å². The number of hydrogen-bond donors (Lipinski definition) is 3. The van der Waals surface area contributed by atoms with Crippen LogP contribution in [0.2, 0.25) is 5.02 Å². The van der Waals surface area contributed by atoms with E-state index in [1.54, 1.807) is 6.07 Å². The number of nitrogens with zero attached hydrogens (tertiary/aromatic N) is 1. The molecule has 0 aromatic heterocycles. The summed E-state index contributed by atoms with van der Waals surface area (Å²) < 4.78 is 4.48. The summed E-state index contributed by atoms with van der Waals surface area (Å²) in [6.07, 6.45) is -0.611. The zero-order chi connectivity index (χ0) is 16.1. The lowest BCUT2D eigenvalue weighted by molar-refractivity contribution is -0.880. The number of alkyl carbamates (subject to hydrolysis) is 1. The van der Waals surface area contributed by atoms with Gasteiger partial charge in [0.25, 0.3) is 0 Å². The number of nitrogens with one attached hydrogen (secondary N) is 3. The number of rotatable bonds is 2. The lowest BCUT2D eigenvalue weighted by atomic mass is 10.2. The second-order valence-electron chi connectivity index (χ2n) is 5.18. The Morgan fingerprint density at radius 1 is 1.41 bits per heavy atom. The number of ether oxygens (including phenoxy) is 1. The van der Waals surface area contributed by atoms with Crippen LogP contribution >= 0.6 is 23.8 Å². The third-order valence-electron chi connectivity index (χ3n) is 3.56. The SMILES string of the molecule is COC(=O)NC(=S)Nc1ccc(N2CC[NH+](C)CC2)c(Cl)c1. The Morgan fingerprint density at radius 2 is 2.09 bits per heavy atom. The van der Waals surface area contributed by atoms with Crippen LogP contribution in [0.15, 0.2) is 18.2 Å². The monoisotopic (exact) mass is 343 g/mol. The van der Waals surface area contributed by atoms with Crippen LogP contribution in [0, 0.1) is 0 Å². The topological polar surface area (TPSA) is 58.0 Å². The van der Waals surface area contributed by atoms with Crippen molar-refractivity contribution in [3.05, 3.63) is 23.2 Å². The van der Waals surface area contributed by atoms with Gasteiger partial charge in [-0.15, -0.1) is 0 Å². The van der Waals surface area contributed by atoms with E-state index in [-0.39, 0.29) is 5.11 Å². The van der Waals surface area contributed by atoms with Gasteiger partial charge in [0.15, 0.2) is 5.11 Å². The molecule has 1 amide bonds. The van der Waals surface area contributed by atoms with Crippen molar-refractivity contribution in [1.82, 2.24) is 5.32 Å². The first-order valence-electron chi connectivity index (χ1n) is 7.01. The highest BCUT2D eigenvalue weighted by atomic mass is 35.5. The van der Waals surface area contributed by atoms with Crippen LogP contribution in [0.1, 0.15) is 0 Å². The summed E-state index contributed by atoms with van der Waals surface area (Å²) >= 11 is 11.4. The van der Waals surface area contributed by atoms with Crippen molar-refractivity contribution in [2.24, 2.45) is 0 Å². The lowest BCUT2D eigenvalue weighted by Crippen LogP contribution is -3.12. The largest absolute Gasteiger partial charge is 0.453 e. The van der Waals surface area contributed by atoms with Gasteiger partial charge in [0.2, 0.25) is 0 Å². The van der Waals surface area contributed by atoms with Gasteiger partial charge in [-0.05, 0) is 30.4 Å². The molecule has 0 bridgehead atoms. The Hall–Kier alpha value is -1.57. The second-order valence-corrected chi connectivity index (χ2v) is 6.00. The Balaban J connectivity index is 2.00. The Labute approximate surface area is 140 Å². The minimum Gasteiger partial charge on any atom is -0.453 e. The van der Waals surface area contributed by atoms with Gasteiger partial charge in [-0.1, -0.05) is 11.6 Å². The van der Waals surface area contributed by atoms with Gasteiger partial charge in [-0.2, -0.15) is 0 Å². The summed E-state index contributed by atoms with van der Waals surface area (Å²) in [4.78, 5) is 14.9. The molecule has 0 atom stereocenters. The third-order valence-corrected chi connectivity index (χ3v) is 4.07. The van der Waals surface area contributed by atoms with Crippen molar-refractivity contribution in [1.29, 1.82) is 0 Å². The van der Waals surface area contributed by atoms with Crippen molar-refractivity contribution in [2.75, 3.05) is 50.6 Å². The number of piperazine rings is 1. The Kier molecular flexibility index (Phi) is 5.82. The van der Waals surface area contributed by atoms with E-state index in [4.69, 9.17) is 23.8 Å². The van der Waals surface area contributed by atoms with Crippen molar-refractivity contribution < 1.29 is 14.4 Å². The average molecular weight is 344 g/mol. The fourth-order valence-corrected chi connectivity index (χ4v) is 2.78. The number of halogens is 1. The van der Waals surface area contributed by atoms with Crippen LogP contribution in [0.5, 0.6) is 0 Å². The highest BCUT2D eigenvalue weighted by molar-refractivity contribution is 7.80. The summed E-state index contributed by atoms with van der Waals surface area (Å²) in [6, 6.07) is 5.65. The van der Waals surface area contributed by atoms with Gasteiger partial charge in [0.05, 0.1) is 51.0 Å².